The highest BCUT2D eigenvalue weighted by Crippen LogP contribution is 2.09. The molecular formula is C14H32N2O3. The van der Waals surface area contributed by atoms with Crippen LogP contribution in [0.5, 0.6) is 0 Å². The van der Waals surface area contributed by atoms with Crippen molar-refractivity contribution >= 4 is 0 Å². The Morgan fingerprint density at radius 1 is 1.05 bits per heavy atom. The first-order valence-electron chi connectivity index (χ1n) is 7.29. The van der Waals surface area contributed by atoms with E-state index in [0.29, 0.717) is 0 Å². The number of hydrogen-bond donors (Lipinski definition) is 2. The lowest BCUT2D eigenvalue weighted by molar-refractivity contribution is 0.0744. The molecule has 0 spiro atoms. The number of nitrogens with one attached hydrogen (secondary N) is 1. The zero-order valence-corrected chi connectivity index (χ0v) is 13.1. The number of aliphatic hydroxyl groups is 1. The van der Waals surface area contributed by atoms with E-state index < -0.39 is 0 Å². The summed E-state index contributed by atoms with van der Waals surface area (Å²) < 4.78 is 10.8. The minimum atomic E-state index is -0.213. The fourth-order valence-corrected chi connectivity index (χ4v) is 1.70. The number of likely N-dealkylation sites (N-methyl/N-ethyl adjacent to an activating group) is 1. The average Bonchev–Trinajstić information content (AvgIpc) is 2.44. The molecular weight excluding hydrogens is 244 g/mol. The van der Waals surface area contributed by atoms with Gasteiger partial charge in [0.05, 0.1) is 19.8 Å². The van der Waals surface area contributed by atoms with Gasteiger partial charge in [-0.2, -0.15) is 0 Å². The number of rotatable bonds is 13. The molecule has 0 aromatic rings. The van der Waals surface area contributed by atoms with Crippen molar-refractivity contribution < 1.29 is 14.6 Å². The summed E-state index contributed by atoms with van der Waals surface area (Å²) in [6.07, 6.45) is 0.901. The summed E-state index contributed by atoms with van der Waals surface area (Å²) in [5, 5.41) is 12.6. The van der Waals surface area contributed by atoms with E-state index >= 15 is 0 Å². The van der Waals surface area contributed by atoms with Crippen LogP contribution in [0.25, 0.3) is 0 Å². The topological polar surface area (TPSA) is 54.0 Å². The molecule has 0 heterocycles. The summed E-state index contributed by atoms with van der Waals surface area (Å²) in [7, 11) is 1.89. The molecule has 0 radical (unpaired) electrons. The van der Waals surface area contributed by atoms with Crippen LogP contribution in [0.1, 0.15) is 27.2 Å². The van der Waals surface area contributed by atoms with Crippen LogP contribution in [0.3, 0.4) is 0 Å². The van der Waals surface area contributed by atoms with E-state index in [1.807, 2.05) is 27.8 Å². The van der Waals surface area contributed by atoms with Crippen LogP contribution < -0.4 is 5.32 Å². The lowest BCUT2D eigenvalue weighted by Crippen LogP contribution is -2.46. The molecule has 0 aliphatic carbocycles. The van der Waals surface area contributed by atoms with Gasteiger partial charge in [0.25, 0.3) is 0 Å². The minimum Gasteiger partial charge on any atom is -0.394 e. The molecule has 5 nitrogen and oxygen atoms in total. The van der Waals surface area contributed by atoms with Gasteiger partial charge in [0.15, 0.2) is 0 Å². The van der Waals surface area contributed by atoms with Crippen LogP contribution in [0.15, 0.2) is 0 Å². The Morgan fingerprint density at radius 2 is 1.58 bits per heavy atom. The normalized spacial score (nSPS) is 14.8. The Hall–Kier alpha value is -0.200. The fourth-order valence-electron chi connectivity index (χ4n) is 1.70. The molecule has 1 unspecified atom stereocenters. The number of aliphatic hydroxyl groups excluding tert-OH is 1. The number of ether oxygens (including phenoxy) is 2. The van der Waals surface area contributed by atoms with Crippen LogP contribution in [0.2, 0.25) is 0 Å². The Balaban J connectivity index is 4.08. The van der Waals surface area contributed by atoms with Crippen LogP contribution >= 0.6 is 0 Å². The molecule has 1 atom stereocenters. The van der Waals surface area contributed by atoms with Gasteiger partial charge in [-0.25, -0.2) is 0 Å². The van der Waals surface area contributed by atoms with E-state index in [1.165, 1.54) is 0 Å². The molecule has 0 rings (SSSR count). The Labute approximate surface area is 118 Å². The van der Waals surface area contributed by atoms with Gasteiger partial charge in [-0.05, 0) is 34.2 Å². The monoisotopic (exact) mass is 276 g/mol. The highest BCUT2D eigenvalue weighted by Gasteiger charge is 2.21. The van der Waals surface area contributed by atoms with Crippen LogP contribution in [0.4, 0.5) is 0 Å². The van der Waals surface area contributed by atoms with E-state index in [1.54, 1.807) is 0 Å². The zero-order chi connectivity index (χ0) is 14.6. The van der Waals surface area contributed by atoms with Gasteiger partial charge >= 0.3 is 0 Å². The standard InChI is InChI=1S/C14H32N2O3/c1-5-18-11-9-16(10-12-19-6-2)8-7-14(3,13-17)15-4/h15,17H,5-13H2,1-4H3. The molecule has 0 saturated carbocycles. The van der Waals surface area contributed by atoms with Crippen molar-refractivity contribution in [3.8, 4) is 0 Å². The smallest absolute Gasteiger partial charge is 0.0610 e. The summed E-state index contributed by atoms with van der Waals surface area (Å²) in [5.74, 6) is 0. The predicted octanol–water partition coefficient (Wildman–Crippen LogP) is 0.722. The third kappa shape index (κ3) is 9.35. The second kappa shape index (κ2) is 11.6. The molecule has 116 valence electrons. The molecule has 0 saturated heterocycles. The first-order chi connectivity index (χ1) is 9.11. The van der Waals surface area contributed by atoms with Crippen LogP contribution in [-0.4, -0.2) is 75.3 Å². The van der Waals surface area contributed by atoms with Crippen molar-refractivity contribution in [3.63, 3.8) is 0 Å². The van der Waals surface area contributed by atoms with E-state index in [0.717, 1.165) is 52.5 Å². The van der Waals surface area contributed by atoms with Crippen LogP contribution in [-0.2, 0) is 9.47 Å². The second-order valence-electron chi connectivity index (χ2n) is 4.95. The van der Waals surface area contributed by atoms with Crippen molar-refractivity contribution in [1.82, 2.24) is 10.2 Å². The summed E-state index contributed by atoms with van der Waals surface area (Å²) in [4.78, 5) is 2.33. The second-order valence-corrected chi connectivity index (χ2v) is 4.95. The molecule has 0 aromatic heterocycles. The quantitative estimate of drug-likeness (QED) is 0.486. The summed E-state index contributed by atoms with van der Waals surface area (Å²) in [6.45, 7) is 12.0. The Kier molecular flexibility index (Phi) is 11.5. The maximum Gasteiger partial charge on any atom is 0.0610 e. The van der Waals surface area contributed by atoms with Gasteiger partial charge in [0.2, 0.25) is 0 Å². The lowest BCUT2D eigenvalue weighted by atomic mass is 9.99. The van der Waals surface area contributed by atoms with Gasteiger partial charge in [-0.15, -0.1) is 0 Å². The van der Waals surface area contributed by atoms with E-state index in [4.69, 9.17) is 9.47 Å². The maximum absolute atomic E-state index is 9.40. The van der Waals surface area contributed by atoms with E-state index in [-0.39, 0.29) is 12.1 Å². The molecule has 0 aromatic carbocycles. The Morgan fingerprint density at radius 3 is 1.95 bits per heavy atom. The number of nitrogens with zero attached hydrogens (tertiary/aromatic N) is 1. The maximum atomic E-state index is 9.40. The summed E-state index contributed by atoms with van der Waals surface area (Å²) in [5.41, 5.74) is -0.213. The van der Waals surface area contributed by atoms with E-state index in [2.05, 4.69) is 10.2 Å². The summed E-state index contributed by atoms with van der Waals surface area (Å²) in [6, 6.07) is 0. The molecule has 0 amide bonds. The third-order valence-electron chi connectivity index (χ3n) is 3.44. The third-order valence-corrected chi connectivity index (χ3v) is 3.44. The molecule has 19 heavy (non-hydrogen) atoms. The van der Waals surface area contributed by atoms with Crippen molar-refractivity contribution in [3.05, 3.63) is 0 Å². The van der Waals surface area contributed by atoms with Gasteiger partial charge in [-0.1, -0.05) is 0 Å². The van der Waals surface area contributed by atoms with Gasteiger partial charge < -0.3 is 19.9 Å². The van der Waals surface area contributed by atoms with Crippen LogP contribution in [0, 0.1) is 0 Å². The SMILES string of the molecule is CCOCCN(CCOCC)CCC(C)(CO)NC. The first kappa shape index (κ1) is 18.8. The molecule has 0 aliphatic heterocycles. The molecule has 0 aliphatic rings. The van der Waals surface area contributed by atoms with Crippen molar-refractivity contribution in [2.45, 2.75) is 32.7 Å². The van der Waals surface area contributed by atoms with Gasteiger partial charge in [-0.3, -0.25) is 4.90 Å². The average molecular weight is 276 g/mol. The van der Waals surface area contributed by atoms with Crippen molar-refractivity contribution in [2.75, 3.05) is 59.7 Å². The molecule has 2 N–H and O–H groups in total. The molecule has 0 bridgehead atoms. The summed E-state index contributed by atoms with van der Waals surface area (Å²) >= 11 is 0. The molecule has 0 fully saturated rings. The zero-order valence-electron chi connectivity index (χ0n) is 13.1. The largest absolute Gasteiger partial charge is 0.394 e. The van der Waals surface area contributed by atoms with E-state index in [9.17, 15) is 5.11 Å². The van der Waals surface area contributed by atoms with Crippen molar-refractivity contribution in [2.24, 2.45) is 0 Å². The fraction of sp³-hybridized carbons (Fsp3) is 1.00. The number of hydrogen-bond acceptors (Lipinski definition) is 5. The Bertz CT molecular complexity index is 189. The predicted molar refractivity (Wildman–Crippen MR) is 78.6 cm³/mol. The molecule has 5 heteroatoms. The first-order valence-corrected chi connectivity index (χ1v) is 7.29. The van der Waals surface area contributed by atoms with Gasteiger partial charge in [0.1, 0.15) is 0 Å². The van der Waals surface area contributed by atoms with Gasteiger partial charge in [0, 0.05) is 38.4 Å². The van der Waals surface area contributed by atoms with Crippen molar-refractivity contribution in [1.29, 1.82) is 0 Å². The highest BCUT2D eigenvalue weighted by atomic mass is 16.5. The minimum absolute atomic E-state index is 0.147. The lowest BCUT2D eigenvalue weighted by Gasteiger charge is -2.30. The highest BCUT2D eigenvalue weighted by molar-refractivity contribution is 4.81.